The summed E-state index contributed by atoms with van der Waals surface area (Å²) in [6.45, 7) is 6.15. The highest BCUT2D eigenvalue weighted by Gasteiger charge is 2.27. The van der Waals surface area contributed by atoms with Crippen LogP contribution in [-0.2, 0) is 0 Å². The zero-order chi connectivity index (χ0) is 22.1. The van der Waals surface area contributed by atoms with Gasteiger partial charge in [0, 0.05) is 11.6 Å². The Labute approximate surface area is 173 Å². The van der Waals surface area contributed by atoms with Crippen LogP contribution in [0.25, 0.3) is 16.9 Å². The van der Waals surface area contributed by atoms with E-state index in [1.54, 1.807) is 18.3 Å². The number of carbonyl (C=O) groups is 1. The first-order chi connectivity index (χ1) is 14.1. The predicted octanol–water partition coefficient (Wildman–Crippen LogP) is 3.19. The summed E-state index contributed by atoms with van der Waals surface area (Å²) in [4.78, 5) is 17.3. The lowest BCUT2D eigenvalue weighted by atomic mass is 10.0. The number of amides is 1. The number of nitrogens with one attached hydrogen (secondary N) is 2. The Morgan fingerprint density at radius 3 is 2.53 bits per heavy atom. The van der Waals surface area contributed by atoms with Gasteiger partial charge in [-0.05, 0) is 52.0 Å². The second-order valence-electron chi connectivity index (χ2n) is 7.96. The van der Waals surface area contributed by atoms with Crippen molar-refractivity contribution in [1.82, 2.24) is 19.9 Å². The molecule has 0 saturated carbocycles. The highest BCUT2D eigenvalue weighted by Crippen LogP contribution is 2.26. The molecule has 3 N–H and O–H groups in total. The maximum atomic E-state index is 14.0. The zero-order valence-electron chi connectivity index (χ0n) is 17.3. The molecule has 0 radical (unpaired) electrons. The number of benzene rings is 1. The molecule has 1 unspecified atom stereocenters. The normalized spacial score (nSPS) is 12.9. The molecule has 1 amide bonds. The van der Waals surface area contributed by atoms with Crippen molar-refractivity contribution in [2.75, 3.05) is 11.9 Å². The number of nitrogens with zero attached hydrogens (tertiary/aromatic N) is 3. The van der Waals surface area contributed by atoms with Crippen molar-refractivity contribution in [3.8, 4) is 11.3 Å². The van der Waals surface area contributed by atoms with E-state index in [2.05, 4.69) is 20.7 Å². The van der Waals surface area contributed by atoms with Gasteiger partial charge >= 0.3 is 0 Å². The predicted molar refractivity (Wildman–Crippen MR) is 111 cm³/mol. The van der Waals surface area contributed by atoms with Crippen LogP contribution in [0.5, 0.6) is 0 Å². The van der Waals surface area contributed by atoms with E-state index in [-0.39, 0.29) is 24.0 Å². The molecule has 0 fully saturated rings. The number of fused-ring (bicyclic) bond motifs is 1. The number of anilines is 1. The number of alkyl halides is 1. The number of rotatable bonds is 7. The van der Waals surface area contributed by atoms with Crippen molar-refractivity contribution in [1.29, 1.82) is 0 Å². The van der Waals surface area contributed by atoms with Crippen LogP contribution in [0.2, 0.25) is 0 Å². The van der Waals surface area contributed by atoms with Crippen molar-refractivity contribution < 1.29 is 18.7 Å². The molecule has 30 heavy (non-hydrogen) atoms. The van der Waals surface area contributed by atoms with Crippen LogP contribution >= 0.6 is 0 Å². The second kappa shape index (κ2) is 8.35. The van der Waals surface area contributed by atoms with E-state index in [9.17, 15) is 18.7 Å². The third-order valence-corrected chi connectivity index (χ3v) is 4.52. The Morgan fingerprint density at radius 1 is 1.27 bits per heavy atom. The molecule has 1 aromatic carbocycles. The molecule has 7 nitrogen and oxygen atoms in total. The SMILES string of the molecule is CC(C)Nc1c(C(=O)NCC(F)C(C)(C)O)cnn2cc(-c3ccc(F)cc3)nc12. The van der Waals surface area contributed by atoms with Gasteiger partial charge in [-0.1, -0.05) is 0 Å². The number of halogens is 2. The maximum Gasteiger partial charge on any atom is 0.255 e. The number of aromatic nitrogens is 3. The van der Waals surface area contributed by atoms with Crippen LogP contribution in [0, 0.1) is 5.82 Å². The van der Waals surface area contributed by atoms with Gasteiger partial charge in [-0.15, -0.1) is 0 Å². The summed E-state index contributed by atoms with van der Waals surface area (Å²) in [6.07, 6.45) is 1.43. The Kier molecular flexibility index (Phi) is 6.02. The largest absolute Gasteiger partial charge is 0.387 e. The quantitative estimate of drug-likeness (QED) is 0.549. The van der Waals surface area contributed by atoms with Crippen LogP contribution in [0.1, 0.15) is 38.1 Å². The summed E-state index contributed by atoms with van der Waals surface area (Å²) in [7, 11) is 0. The first kappa shape index (κ1) is 21.6. The number of carbonyl (C=O) groups excluding carboxylic acids is 1. The standard InChI is InChI=1S/C21H25F2N5O2/c1-12(2)26-18-15(20(29)24-10-17(23)21(3,4)30)9-25-28-11-16(27-19(18)28)13-5-7-14(22)8-6-13/h5-9,11-12,17,26,30H,10H2,1-4H3,(H,24,29). The van der Waals surface area contributed by atoms with Gasteiger partial charge in [-0.25, -0.2) is 18.3 Å². The molecule has 0 spiro atoms. The summed E-state index contributed by atoms with van der Waals surface area (Å²) >= 11 is 0. The van der Waals surface area contributed by atoms with E-state index in [1.165, 1.54) is 36.7 Å². The average Bonchev–Trinajstić information content (AvgIpc) is 3.10. The Balaban J connectivity index is 1.98. The fourth-order valence-corrected chi connectivity index (χ4v) is 2.82. The average molecular weight is 417 g/mol. The molecule has 2 aromatic heterocycles. The Morgan fingerprint density at radius 2 is 1.93 bits per heavy atom. The van der Waals surface area contributed by atoms with Crippen LogP contribution in [-0.4, -0.2) is 50.0 Å². The fourth-order valence-electron chi connectivity index (χ4n) is 2.82. The monoisotopic (exact) mass is 417 g/mol. The minimum atomic E-state index is -1.63. The topological polar surface area (TPSA) is 91.5 Å². The lowest BCUT2D eigenvalue weighted by Crippen LogP contribution is -2.42. The Bertz CT molecular complexity index is 1040. The van der Waals surface area contributed by atoms with Gasteiger partial charge in [0.25, 0.3) is 5.91 Å². The lowest BCUT2D eigenvalue weighted by Gasteiger charge is -2.22. The van der Waals surface area contributed by atoms with E-state index < -0.39 is 17.7 Å². The zero-order valence-corrected chi connectivity index (χ0v) is 17.3. The van der Waals surface area contributed by atoms with Crippen LogP contribution in [0.3, 0.4) is 0 Å². The van der Waals surface area contributed by atoms with Gasteiger partial charge in [-0.3, -0.25) is 4.79 Å². The van der Waals surface area contributed by atoms with Crippen molar-refractivity contribution >= 4 is 17.2 Å². The number of aliphatic hydroxyl groups is 1. The summed E-state index contributed by atoms with van der Waals surface area (Å²) in [5.41, 5.74) is 0.767. The van der Waals surface area contributed by atoms with Crippen molar-refractivity contribution in [2.24, 2.45) is 0 Å². The number of imidazole rings is 1. The van der Waals surface area contributed by atoms with Gasteiger partial charge in [0.2, 0.25) is 0 Å². The number of hydrogen-bond acceptors (Lipinski definition) is 5. The third-order valence-electron chi connectivity index (χ3n) is 4.52. The van der Waals surface area contributed by atoms with E-state index in [0.717, 1.165) is 0 Å². The molecular formula is C21H25F2N5O2. The van der Waals surface area contributed by atoms with E-state index in [0.29, 0.717) is 22.6 Å². The fraction of sp³-hybridized carbons (Fsp3) is 0.381. The molecule has 160 valence electrons. The van der Waals surface area contributed by atoms with Crippen LogP contribution in [0.15, 0.2) is 36.7 Å². The van der Waals surface area contributed by atoms with E-state index >= 15 is 0 Å². The second-order valence-corrected chi connectivity index (χ2v) is 7.96. The minimum Gasteiger partial charge on any atom is -0.387 e. The molecule has 0 aliphatic carbocycles. The summed E-state index contributed by atoms with van der Waals surface area (Å²) in [5, 5.41) is 19.7. The van der Waals surface area contributed by atoms with Crippen LogP contribution in [0.4, 0.5) is 14.5 Å². The first-order valence-electron chi connectivity index (χ1n) is 9.61. The first-order valence-corrected chi connectivity index (χ1v) is 9.61. The van der Waals surface area contributed by atoms with Gasteiger partial charge in [0.15, 0.2) is 5.65 Å². The van der Waals surface area contributed by atoms with Gasteiger partial charge in [0.05, 0.1) is 41.5 Å². The highest BCUT2D eigenvalue weighted by atomic mass is 19.1. The minimum absolute atomic E-state index is 0.0148. The van der Waals surface area contributed by atoms with Crippen molar-refractivity contribution in [2.45, 2.75) is 45.5 Å². The van der Waals surface area contributed by atoms with Gasteiger partial charge < -0.3 is 15.7 Å². The summed E-state index contributed by atoms with van der Waals surface area (Å²) < 4.78 is 28.8. The molecule has 9 heteroatoms. The molecular weight excluding hydrogens is 392 g/mol. The van der Waals surface area contributed by atoms with Crippen molar-refractivity contribution in [3.63, 3.8) is 0 Å². The highest BCUT2D eigenvalue weighted by molar-refractivity contribution is 6.02. The third kappa shape index (κ3) is 4.73. The van der Waals surface area contributed by atoms with E-state index in [4.69, 9.17) is 0 Å². The van der Waals surface area contributed by atoms with Gasteiger partial charge in [-0.2, -0.15) is 5.10 Å². The molecule has 1 atom stereocenters. The molecule has 0 saturated heterocycles. The summed E-state index contributed by atoms with van der Waals surface area (Å²) in [5.74, 6) is -0.884. The molecule has 3 aromatic rings. The molecule has 2 heterocycles. The molecule has 3 rings (SSSR count). The number of hydrogen-bond donors (Lipinski definition) is 3. The van der Waals surface area contributed by atoms with Crippen LogP contribution < -0.4 is 10.6 Å². The smallest absolute Gasteiger partial charge is 0.255 e. The van der Waals surface area contributed by atoms with Gasteiger partial charge in [0.1, 0.15) is 12.0 Å². The Hall–Kier alpha value is -3.07. The van der Waals surface area contributed by atoms with E-state index in [1.807, 2.05) is 13.8 Å². The summed E-state index contributed by atoms with van der Waals surface area (Å²) in [6, 6.07) is 5.89. The molecule has 0 aliphatic heterocycles. The maximum absolute atomic E-state index is 14.0. The molecule has 0 aliphatic rings. The van der Waals surface area contributed by atoms with Crippen molar-refractivity contribution in [3.05, 3.63) is 48.0 Å². The molecule has 0 bridgehead atoms. The lowest BCUT2D eigenvalue weighted by molar-refractivity contribution is -0.00177.